The van der Waals surface area contributed by atoms with E-state index in [-0.39, 0.29) is 5.38 Å². The van der Waals surface area contributed by atoms with E-state index in [2.05, 4.69) is 19.1 Å². The standard InChI is InChI=1S/C14H15ClO2S/c1-9-4-7-13(18-9)14(15)11-8-10(16-2)5-6-12(11)17-3/h4-8,14H,1-3H3. The molecule has 2 nitrogen and oxygen atoms in total. The summed E-state index contributed by atoms with van der Waals surface area (Å²) in [4.78, 5) is 2.36. The van der Waals surface area contributed by atoms with Crippen LogP contribution in [0.3, 0.4) is 0 Å². The largest absolute Gasteiger partial charge is 0.497 e. The second kappa shape index (κ2) is 5.63. The third kappa shape index (κ3) is 2.62. The summed E-state index contributed by atoms with van der Waals surface area (Å²) >= 11 is 8.23. The third-order valence-corrected chi connectivity index (χ3v) is 4.39. The summed E-state index contributed by atoms with van der Waals surface area (Å²) in [6.07, 6.45) is 0. The highest BCUT2D eigenvalue weighted by molar-refractivity contribution is 7.12. The quantitative estimate of drug-likeness (QED) is 0.774. The number of thiophene rings is 1. The smallest absolute Gasteiger partial charge is 0.124 e. The average Bonchev–Trinajstić information content (AvgIpc) is 2.83. The van der Waals surface area contributed by atoms with Gasteiger partial charge in [0.2, 0.25) is 0 Å². The van der Waals surface area contributed by atoms with Crippen LogP contribution in [0.5, 0.6) is 11.5 Å². The number of methoxy groups -OCH3 is 2. The summed E-state index contributed by atoms with van der Waals surface area (Å²) < 4.78 is 10.6. The summed E-state index contributed by atoms with van der Waals surface area (Å²) in [5, 5.41) is -0.214. The molecular weight excluding hydrogens is 268 g/mol. The van der Waals surface area contributed by atoms with E-state index in [9.17, 15) is 0 Å². The maximum absolute atomic E-state index is 6.53. The molecule has 0 spiro atoms. The molecule has 1 heterocycles. The average molecular weight is 283 g/mol. The van der Waals surface area contributed by atoms with Crippen LogP contribution in [0.15, 0.2) is 30.3 Å². The molecule has 0 N–H and O–H groups in total. The van der Waals surface area contributed by atoms with Crippen LogP contribution in [0.4, 0.5) is 0 Å². The van der Waals surface area contributed by atoms with Gasteiger partial charge >= 0.3 is 0 Å². The van der Waals surface area contributed by atoms with Gasteiger partial charge in [-0.1, -0.05) is 0 Å². The van der Waals surface area contributed by atoms with Crippen LogP contribution in [0.25, 0.3) is 0 Å². The van der Waals surface area contributed by atoms with Crippen LogP contribution in [0.1, 0.15) is 20.7 Å². The molecule has 96 valence electrons. The number of ether oxygens (including phenoxy) is 2. The number of aryl methyl sites for hydroxylation is 1. The molecule has 2 rings (SSSR count). The van der Waals surface area contributed by atoms with Crippen LogP contribution in [-0.2, 0) is 0 Å². The Kier molecular flexibility index (Phi) is 4.15. The first kappa shape index (κ1) is 13.2. The van der Waals surface area contributed by atoms with Crippen LogP contribution >= 0.6 is 22.9 Å². The van der Waals surface area contributed by atoms with Crippen molar-refractivity contribution in [3.05, 3.63) is 45.6 Å². The van der Waals surface area contributed by atoms with Crippen molar-refractivity contribution in [3.8, 4) is 11.5 Å². The van der Waals surface area contributed by atoms with E-state index in [1.165, 1.54) is 4.88 Å². The highest BCUT2D eigenvalue weighted by Gasteiger charge is 2.18. The summed E-state index contributed by atoms with van der Waals surface area (Å²) in [6.45, 7) is 2.07. The Morgan fingerprint density at radius 1 is 1.11 bits per heavy atom. The second-order valence-corrected chi connectivity index (χ2v) is 5.67. The van der Waals surface area contributed by atoms with Crippen molar-refractivity contribution in [1.29, 1.82) is 0 Å². The minimum absolute atomic E-state index is 0.214. The molecule has 2 aromatic rings. The first-order chi connectivity index (χ1) is 8.65. The molecule has 1 atom stereocenters. The van der Waals surface area contributed by atoms with Gasteiger partial charge in [0.05, 0.1) is 19.6 Å². The van der Waals surface area contributed by atoms with Crippen molar-refractivity contribution in [2.24, 2.45) is 0 Å². The molecular formula is C14H15ClO2S. The molecule has 0 saturated carbocycles. The van der Waals surface area contributed by atoms with Crippen LogP contribution in [0.2, 0.25) is 0 Å². The van der Waals surface area contributed by atoms with E-state index in [4.69, 9.17) is 21.1 Å². The van der Waals surface area contributed by atoms with Gasteiger partial charge in [-0.2, -0.15) is 0 Å². The maximum atomic E-state index is 6.53. The Morgan fingerprint density at radius 2 is 1.89 bits per heavy atom. The predicted octanol–water partition coefficient (Wildman–Crippen LogP) is 4.40. The molecule has 0 fully saturated rings. The molecule has 4 heteroatoms. The lowest BCUT2D eigenvalue weighted by Crippen LogP contribution is -1.97. The second-order valence-electron chi connectivity index (χ2n) is 3.92. The van der Waals surface area contributed by atoms with Crippen molar-refractivity contribution in [3.63, 3.8) is 0 Å². The first-order valence-electron chi connectivity index (χ1n) is 5.58. The Balaban J connectivity index is 2.41. The lowest BCUT2D eigenvalue weighted by atomic mass is 10.1. The molecule has 0 saturated heterocycles. The summed E-state index contributed by atoms with van der Waals surface area (Å²) in [5.41, 5.74) is 0.931. The van der Waals surface area contributed by atoms with Gasteiger partial charge in [0.15, 0.2) is 0 Å². The zero-order valence-corrected chi connectivity index (χ0v) is 12.1. The fourth-order valence-electron chi connectivity index (χ4n) is 1.78. The molecule has 0 aliphatic heterocycles. The molecule has 1 unspecified atom stereocenters. The predicted molar refractivity (Wildman–Crippen MR) is 76.3 cm³/mol. The Labute approximate surface area is 116 Å². The van der Waals surface area contributed by atoms with Gasteiger partial charge in [-0.3, -0.25) is 0 Å². The number of hydrogen-bond acceptors (Lipinski definition) is 3. The summed E-state index contributed by atoms with van der Waals surface area (Å²) in [7, 11) is 3.29. The highest BCUT2D eigenvalue weighted by Crippen LogP contribution is 2.39. The van der Waals surface area contributed by atoms with Gasteiger partial charge < -0.3 is 9.47 Å². The Bertz CT molecular complexity index is 536. The van der Waals surface area contributed by atoms with Gasteiger partial charge in [0, 0.05) is 15.3 Å². The molecule has 0 aliphatic carbocycles. The van der Waals surface area contributed by atoms with Gasteiger partial charge in [-0.05, 0) is 37.3 Å². The normalized spacial score (nSPS) is 12.2. The van der Waals surface area contributed by atoms with Gasteiger partial charge in [0.25, 0.3) is 0 Å². The minimum atomic E-state index is -0.214. The minimum Gasteiger partial charge on any atom is -0.497 e. The number of halogens is 1. The highest BCUT2D eigenvalue weighted by atomic mass is 35.5. The SMILES string of the molecule is COc1ccc(OC)c(C(Cl)c2ccc(C)s2)c1. The van der Waals surface area contributed by atoms with Gasteiger partial charge in [0.1, 0.15) is 11.5 Å². The summed E-state index contributed by atoms with van der Waals surface area (Å²) in [5.74, 6) is 1.56. The van der Waals surface area contributed by atoms with Crippen LogP contribution < -0.4 is 9.47 Å². The van der Waals surface area contributed by atoms with Gasteiger partial charge in [-0.25, -0.2) is 0 Å². The van der Waals surface area contributed by atoms with Crippen molar-refractivity contribution in [2.45, 2.75) is 12.3 Å². The van der Waals surface area contributed by atoms with Crippen LogP contribution in [0, 0.1) is 6.92 Å². The summed E-state index contributed by atoms with van der Waals surface area (Å²) in [6, 6.07) is 9.79. The molecule has 0 amide bonds. The van der Waals surface area contributed by atoms with Crippen LogP contribution in [-0.4, -0.2) is 14.2 Å². The van der Waals surface area contributed by atoms with E-state index in [1.807, 2.05) is 18.2 Å². The van der Waals surface area contributed by atoms with Crippen molar-refractivity contribution in [2.75, 3.05) is 14.2 Å². The fraction of sp³-hybridized carbons (Fsp3) is 0.286. The number of alkyl halides is 1. The topological polar surface area (TPSA) is 18.5 Å². The lowest BCUT2D eigenvalue weighted by molar-refractivity contribution is 0.399. The van der Waals surface area contributed by atoms with Crippen molar-refractivity contribution in [1.82, 2.24) is 0 Å². The van der Waals surface area contributed by atoms with Crippen molar-refractivity contribution < 1.29 is 9.47 Å². The molecule has 18 heavy (non-hydrogen) atoms. The Morgan fingerprint density at radius 3 is 2.44 bits per heavy atom. The molecule has 0 radical (unpaired) electrons. The van der Waals surface area contributed by atoms with E-state index < -0.39 is 0 Å². The number of rotatable bonds is 4. The third-order valence-electron chi connectivity index (χ3n) is 2.72. The molecule has 1 aromatic heterocycles. The fourth-order valence-corrected chi connectivity index (χ4v) is 3.03. The zero-order chi connectivity index (χ0) is 13.1. The van der Waals surface area contributed by atoms with Crippen molar-refractivity contribution >= 4 is 22.9 Å². The van der Waals surface area contributed by atoms with Gasteiger partial charge in [-0.15, -0.1) is 22.9 Å². The van der Waals surface area contributed by atoms with E-state index in [0.717, 1.165) is 21.9 Å². The van der Waals surface area contributed by atoms with E-state index >= 15 is 0 Å². The maximum Gasteiger partial charge on any atom is 0.124 e. The molecule has 0 bridgehead atoms. The molecule has 0 aliphatic rings. The molecule has 1 aromatic carbocycles. The Hall–Kier alpha value is -1.19. The number of hydrogen-bond donors (Lipinski definition) is 0. The zero-order valence-electron chi connectivity index (χ0n) is 10.6. The van der Waals surface area contributed by atoms with E-state index in [1.54, 1.807) is 25.6 Å². The first-order valence-corrected chi connectivity index (χ1v) is 6.83. The monoisotopic (exact) mass is 282 g/mol. The van der Waals surface area contributed by atoms with E-state index in [0.29, 0.717) is 0 Å². The lowest BCUT2D eigenvalue weighted by Gasteiger charge is -2.14. The number of benzene rings is 1.